The van der Waals surface area contributed by atoms with E-state index in [-0.39, 0.29) is 11.9 Å². The van der Waals surface area contributed by atoms with Crippen molar-refractivity contribution in [3.8, 4) is 0 Å². The second-order valence-electron chi connectivity index (χ2n) is 4.88. The van der Waals surface area contributed by atoms with Crippen LogP contribution in [0.15, 0.2) is 18.5 Å². The molecule has 1 fully saturated rings. The van der Waals surface area contributed by atoms with Gasteiger partial charge in [-0.1, -0.05) is 0 Å². The standard InChI is InChI=1S/C13H19FN2OS/c1-10(11-6-12(14)8-15-7-11)16-9-13(17)2-4-18-5-3-13/h6-8,10,16-17H,2-5,9H2,1H3. The van der Waals surface area contributed by atoms with E-state index < -0.39 is 5.60 Å². The molecule has 5 heteroatoms. The molecule has 1 aliphatic heterocycles. The number of aliphatic hydroxyl groups is 1. The zero-order valence-corrected chi connectivity index (χ0v) is 11.3. The second kappa shape index (κ2) is 5.99. The highest BCUT2D eigenvalue weighted by Crippen LogP contribution is 2.27. The topological polar surface area (TPSA) is 45.1 Å². The Hall–Kier alpha value is -0.650. The zero-order chi connectivity index (χ0) is 13.0. The van der Waals surface area contributed by atoms with E-state index in [1.165, 1.54) is 12.3 Å². The van der Waals surface area contributed by atoms with Crippen LogP contribution < -0.4 is 5.32 Å². The average molecular weight is 270 g/mol. The molecule has 3 nitrogen and oxygen atoms in total. The molecule has 0 saturated carbocycles. The molecule has 1 aromatic heterocycles. The normalized spacial score (nSPS) is 20.6. The molecule has 0 spiro atoms. The van der Waals surface area contributed by atoms with Crippen LogP contribution in [0.2, 0.25) is 0 Å². The van der Waals surface area contributed by atoms with Crippen LogP contribution in [-0.2, 0) is 0 Å². The predicted octanol–water partition coefficient (Wildman–Crippen LogP) is 2.13. The third kappa shape index (κ3) is 3.67. The van der Waals surface area contributed by atoms with Gasteiger partial charge in [-0.3, -0.25) is 4.98 Å². The Kier molecular flexibility index (Phi) is 4.59. The van der Waals surface area contributed by atoms with Crippen LogP contribution in [0.25, 0.3) is 0 Å². The van der Waals surface area contributed by atoms with Crippen molar-refractivity contribution in [3.05, 3.63) is 29.8 Å². The molecule has 0 aromatic carbocycles. The van der Waals surface area contributed by atoms with Gasteiger partial charge in [0.05, 0.1) is 11.8 Å². The lowest BCUT2D eigenvalue weighted by Crippen LogP contribution is -2.44. The second-order valence-corrected chi connectivity index (χ2v) is 6.10. The molecular formula is C13H19FN2OS. The quantitative estimate of drug-likeness (QED) is 0.880. The van der Waals surface area contributed by atoms with E-state index in [1.54, 1.807) is 6.20 Å². The van der Waals surface area contributed by atoms with E-state index in [1.807, 2.05) is 18.7 Å². The van der Waals surface area contributed by atoms with Gasteiger partial charge in [-0.2, -0.15) is 11.8 Å². The lowest BCUT2D eigenvalue weighted by molar-refractivity contribution is 0.0300. The molecule has 1 unspecified atom stereocenters. The zero-order valence-electron chi connectivity index (χ0n) is 10.5. The first kappa shape index (κ1) is 13.8. The summed E-state index contributed by atoms with van der Waals surface area (Å²) in [4.78, 5) is 3.84. The number of thioether (sulfide) groups is 1. The fourth-order valence-corrected chi connectivity index (χ4v) is 3.31. The van der Waals surface area contributed by atoms with Crippen molar-refractivity contribution in [2.75, 3.05) is 18.1 Å². The molecular weight excluding hydrogens is 251 g/mol. The summed E-state index contributed by atoms with van der Waals surface area (Å²) in [5.41, 5.74) is 0.198. The minimum Gasteiger partial charge on any atom is -0.389 e. The Morgan fingerprint density at radius 2 is 2.22 bits per heavy atom. The fraction of sp³-hybridized carbons (Fsp3) is 0.615. The highest BCUT2D eigenvalue weighted by atomic mass is 32.2. The van der Waals surface area contributed by atoms with Gasteiger partial charge in [0.2, 0.25) is 0 Å². The molecule has 1 saturated heterocycles. The number of nitrogens with one attached hydrogen (secondary N) is 1. The molecule has 0 bridgehead atoms. The van der Waals surface area contributed by atoms with Gasteiger partial charge in [0.25, 0.3) is 0 Å². The Labute approximate surface area is 111 Å². The van der Waals surface area contributed by atoms with Gasteiger partial charge in [0.1, 0.15) is 5.82 Å². The number of nitrogens with zero attached hydrogens (tertiary/aromatic N) is 1. The Morgan fingerprint density at radius 1 is 1.50 bits per heavy atom. The summed E-state index contributed by atoms with van der Waals surface area (Å²) in [6, 6.07) is 1.47. The summed E-state index contributed by atoms with van der Waals surface area (Å²) in [7, 11) is 0. The van der Waals surface area contributed by atoms with E-state index in [4.69, 9.17) is 0 Å². The SMILES string of the molecule is CC(NCC1(O)CCSCC1)c1cncc(F)c1. The first-order chi connectivity index (χ1) is 8.59. The molecule has 18 heavy (non-hydrogen) atoms. The van der Waals surface area contributed by atoms with Gasteiger partial charge >= 0.3 is 0 Å². The van der Waals surface area contributed by atoms with Crippen LogP contribution in [0.3, 0.4) is 0 Å². The van der Waals surface area contributed by atoms with Gasteiger partial charge in [-0.15, -0.1) is 0 Å². The summed E-state index contributed by atoms with van der Waals surface area (Å²) in [6.07, 6.45) is 4.49. The summed E-state index contributed by atoms with van der Waals surface area (Å²) in [5.74, 6) is 1.69. The molecule has 1 aromatic rings. The Balaban J connectivity index is 1.89. The van der Waals surface area contributed by atoms with Crippen LogP contribution in [0.5, 0.6) is 0 Å². The molecule has 0 amide bonds. The van der Waals surface area contributed by atoms with E-state index in [2.05, 4.69) is 10.3 Å². The van der Waals surface area contributed by atoms with Crippen LogP contribution in [0.4, 0.5) is 4.39 Å². The van der Waals surface area contributed by atoms with Crippen LogP contribution in [-0.4, -0.2) is 33.7 Å². The summed E-state index contributed by atoms with van der Waals surface area (Å²) >= 11 is 1.88. The first-order valence-corrected chi connectivity index (χ1v) is 7.38. The first-order valence-electron chi connectivity index (χ1n) is 6.23. The maximum atomic E-state index is 13.1. The number of pyridine rings is 1. The van der Waals surface area contributed by atoms with Crippen molar-refractivity contribution in [2.45, 2.75) is 31.4 Å². The van der Waals surface area contributed by atoms with E-state index in [0.29, 0.717) is 6.54 Å². The van der Waals surface area contributed by atoms with Crippen molar-refractivity contribution in [2.24, 2.45) is 0 Å². The van der Waals surface area contributed by atoms with Crippen LogP contribution in [0.1, 0.15) is 31.4 Å². The van der Waals surface area contributed by atoms with Crippen molar-refractivity contribution in [1.29, 1.82) is 0 Å². The van der Waals surface area contributed by atoms with Crippen molar-refractivity contribution < 1.29 is 9.50 Å². The van der Waals surface area contributed by atoms with E-state index in [9.17, 15) is 9.50 Å². The summed E-state index contributed by atoms with van der Waals surface area (Å²) < 4.78 is 13.1. The summed E-state index contributed by atoms with van der Waals surface area (Å²) in [6.45, 7) is 2.50. The minimum absolute atomic E-state index is 0.00759. The molecule has 2 heterocycles. The number of aromatic nitrogens is 1. The molecule has 2 rings (SSSR count). The van der Waals surface area contributed by atoms with Crippen molar-refractivity contribution >= 4 is 11.8 Å². The van der Waals surface area contributed by atoms with E-state index >= 15 is 0 Å². The minimum atomic E-state index is -0.611. The van der Waals surface area contributed by atoms with Crippen LogP contribution >= 0.6 is 11.8 Å². The number of hydrogen-bond donors (Lipinski definition) is 2. The van der Waals surface area contributed by atoms with Crippen molar-refractivity contribution in [3.63, 3.8) is 0 Å². The number of rotatable bonds is 4. The van der Waals surface area contributed by atoms with Gasteiger partial charge in [0.15, 0.2) is 0 Å². The van der Waals surface area contributed by atoms with Gasteiger partial charge in [-0.25, -0.2) is 4.39 Å². The van der Waals surface area contributed by atoms with Gasteiger partial charge < -0.3 is 10.4 Å². The number of halogens is 1. The third-order valence-electron chi connectivity index (χ3n) is 3.39. The lowest BCUT2D eigenvalue weighted by atomic mass is 9.96. The third-order valence-corrected chi connectivity index (χ3v) is 4.37. The van der Waals surface area contributed by atoms with Crippen LogP contribution in [0, 0.1) is 5.82 Å². The van der Waals surface area contributed by atoms with E-state index in [0.717, 1.165) is 29.9 Å². The maximum absolute atomic E-state index is 13.1. The molecule has 0 aliphatic carbocycles. The highest BCUT2D eigenvalue weighted by Gasteiger charge is 2.29. The monoisotopic (exact) mass is 270 g/mol. The fourth-order valence-electron chi connectivity index (χ4n) is 2.05. The number of hydrogen-bond acceptors (Lipinski definition) is 4. The lowest BCUT2D eigenvalue weighted by Gasteiger charge is -2.33. The molecule has 100 valence electrons. The molecule has 1 atom stereocenters. The van der Waals surface area contributed by atoms with Crippen molar-refractivity contribution in [1.82, 2.24) is 10.3 Å². The Morgan fingerprint density at radius 3 is 2.89 bits per heavy atom. The average Bonchev–Trinajstić information content (AvgIpc) is 2.37. The van der Waals surface area contributed by atoms with Gasteiger partial charge in [-0.05, 0) is 42.9 Å². The molecule has 2 N–H and O–H groups in total. The molecule has 1 aliphatic rings. The summed E-state index contributed by atoms with van der Waals surface area (Å²) in [5, 5.41) is 13.6. The maximum Gasteiger partial charge on any atom is 0.141 e. The largest absolute Gasteiger partial charge is 0.389 e. The van der Waals surface area contributed by atoms with Gasteiger partial charge in [0, 0.05) is 18.8 Å². The highest BCUT2D eigenvalue weighted by molar-refractivity contribution is 7.99. The smallest absolute Gasteiger partial charge is 0.141 e. The predicted molar refractivity (Wildman–Crippen MR) is 72.1 cm³/mol. The Bertz CT molecular complexity index is 396. The molecule has 0 radical (unpaired) electrons.